The zero-order valence-electron chi connectivity index (χ0n) is 16.8. The molecule has 1 aromatic carbocycles. The molecule has 1 fully saturated rings. The Labute approximate surface area is 162 Å². The summed E-state index contributed by atoms with van der Waals surface area (Å²) in [5.41, 5.74) is 0.759. The third-order valence-electron chi connectivity index (χ3n) is 4.80. The predicted molar refractivity (Wildman–Crippen MR) is 108 cm³/mol. The smallest absolute Gasteiger partial charge is 0.244 e. The van der Waals surface area contributed by atoms with Crippen molar-refractivity contribution >= 4 is 12.0 Å². The number of rotatable bonds is 9. The third kappa shape index (κ3) is 6.47. The standard InChI is InChI=1S/C21H32N2O4/c1-25-18-11-9-17(20(26-2)21(18)27-3)10-12-19(24)22-13-8-16-23-14-6-4-5-7-15-23/h9-12H,4-8,13-16H2,1-3H3,(H,22,24)/b12-10+. The quantitative estimate of drug-likeness (QED) is 0.530. The van der Waals surface area contributed by atoms with Gasteiger partial charge in [0.05, 0.1) is 21.3 Å². The van der Waals surface area contributed by atoms with E-state index in [0.29, 0.717) is 23.8 Å². The molecule has 0 radical (unpaired) electrons. The first kappa shape index (κ1) is 21.1. The first-order valence-corrected chi connectivity index (χ1v) is 9.66. The van der Waals surface area contributed by atoms with E-state index in [0.717, 1.165) is 18.5 Å². The van der Waals surface area contributed by atoms with Crippen LogP contribution >= 0.6 is 0 Å². The fraction of sp³-hybridized carbons (Fsp3) is 0.571. The number of hydrogen-bond acceptors (Lipinski definition) is 5. The molecule has 0 aliphatic carbocycles. The second kappa shape index (κ2) is 11.5. The third-order valence-corrected chi connectivity index (χ3v) is 4.80. The van der Waals surface area contributed by atoms with Gasteiger partial charge in [-0.25, -0.2) is 0 Å². The zero-order valence-corrected chi connectivity index (χ0v) is 16.8. The first-order chi connectivity index (χ1) is 13.2. The molecule has 0 bridgehead atoms. The molecule has 1 saturated heterocycles. The molecular formula is C21H32N2O4. The summed E-state index contributed by atoms with van der Waals surface area (Å²) in [4.78, 5) is 14.6. The number of carbonyl (C=O) groups excluding carboxylic acids is 1. The fourth-order valence-corrected chi connectivity index (χ4v) is 3.35. The van der Waals surface area contributed by atoms with Crippen molar-refractivity contribution in [1.29, 1.82) is 0 Å². The van der Waals surface area contributed by atoms with Gasteiger partial charge < -0.3 is 24.4 Å². The summed E-state index contributed by atoms with van der Waals surface area (Å²) in [5, 5.41) is 2.95. The van der Waals surface area contributed by atoms with E-state index in [2.05, 4.69) is 10.2 Å². The van der Waals surface area contributed by atoms with Gasteiger partial charge in [0, 0.05) is 18.2 Å². The first-order valence-electron chi connectivity index (χ1n) is 9.66. The highest BCUT2D eigenvalue weighted by atomic mass is 16.5. The second-order valence-electron chi connectivity index (χ2n) is 6.66. The van der Waals surface area contributed by atoms with Crippen molar-refractivity contribution in [3.63, 3.8) is 0 Å². The molecule has 0 aromatic heterocycles. The van der Waals surface area contributed by atoms with Gasteiger partial charge in [0.2, 0.25) is 11.7 Å². The summed E-state index contributed by atoms with van der Waals surface area (Å²) >= 11 is 0. The predicted octanol–water partition coefficient (Wildman–Crippen LogP) is 3.11. The van der Waals surface area contributed by atoms with Crippen molar-refractivity contribution < 1.29 is 19.0 Å². The summed E-state index contributed by atoms with van der Waals surface area (Å²) in [6, 6.07) is 3.63. The normalized spacial score (nSPS) is 15.4. The van der Waals surface area contributed by atoms with E-state index in [-0.39, 0.29) is 5.91 Å². The molecule has 2 rings (SSSR count). The Bertz CT molecular complexity index is 623. The Hall–Kier alpha value is -2.21. The van der Waals surface area contributed by atoms with E-state index < -0.39 is 0 Å². The van der Waals surface area contributed by atoms with Crippen LogP contribution in [0.25, 0.3) is 6.08 Å². The van der Waals surface area contributed by atoms with E-state index in [1.165, 1.54) is 44.8 Å². The molecule has 1 aliphatic heterocycles. The van der Waals surface area contributed by atoms with Gasteiger partial charge >= 0.3 is 0 Å². The molecule has 6 nitrogen and oxygen atoms in total. The van der Waals surface area contributed by atoms with Crippen molar-refractivity contribution in [2.45, 2.75) is 32.1 Å². The lowest BCUT2D eigenvalue weighted by Crippen LogP contribution is -2.30. The van der Waals surface area contributed by atoms with Gasteiger partial charge in [0.25, 0.3) is 0 Å². The van der Waals surface area contributed by atoms with Crippen molar-refractivity contribution in [3.8, 4) is 17.2 Å². The number of nitrogens with one attached hydrogen (secondary N) is 1. The lowest BCUT2D eigenvalue weighted by atomic mass is 10.1. The highest BCUT2D eigenvalue weighted by molar-refractivity contribution is 5.92. The molecule has 1 N–H and O–H groups in total. The van der Waals surface area contributed by atoms with Crippen LogP contribution in [0.3, 0.4) is 0 Å². The number of ether oxygens (including phenoxy) is 3. The molecule has 1 aromatic rings. The van der Waals surface area contributed by atoms with E-state index in [9.17, 15) is 4.79 Å². The highest BCUT2D eigenvalue weighted by Crippen LogP contribution is 2.40. The van der Waals surface area contributed by atoms with Gasteiger partial charge in [-0.15, -0.1) is 0 Å². The van der Waals surface area contributed by atoms with Crippen LogP contribution in [0.4, 0.5) is 0 Å². The number of carbonyl (C=O) groups is 1. The van der Waals surface area contributed by atoms with Gasteiger partial charge in [-0.3, -0.25) is 4.79 Å². The van der Waals surface area contributed by atoms with E-state index in [1.54, 1.807) is 33.5 Å². The number of methoxy groups -OCH3 is 3. The van der Waals surface area contributed by atoms with Crippen molar-refractivity contribution in [1.82, 2.24) is 10.2 Å². The number of amides is 1. The molecule has 1 heterocycles. The van der Waals surface area contributed by atoms with Crippen LogP contribution < -0.4 is 19.5 Å². The monoisotopic (exact) mass is 376 g/mol. The maximum Gasteiger partial charge on any atom is 0.244 e. The van der Waals surface area contributed by atoms with Crippen LogP contribution in [0.2, 0.25) is 0 Å². The number of benzene rings is 1. The maximum atomic E-state index is 12.1. The molecule has 27 heavy (non-hydrogen) atoms. The second-order valence-corrected chi connectivity index (χ2v) is 6.66. The molecular weight excluding hydrogens is 344 g/mol. The summed E-state index contributed by atoms with van der Waals surface area (Å²) in [6.07, 6.45) is 9.50. The minimum absolute atomic E-state index is 0.109. The summed E-state index contributed by atoms with van der Waals surface area (Å²) < 4.78 is 16.1. The summed E-state index contributed by atoms with van der Waals surface area (Å²) in [7, 11) is 4.70. The Kier molecular flexibility index (Phi) is 8.98. The average molecular weight is 376 g/mol. The molecule has 0 atom stereocenters. The van der Waals surface area contributed by atoms with Gasteiger partial charge in [-0.2, -0.15) is 0 Å². The lowest BCUT2D eigenvalue weighted by Gasteiger charge is -2.19. The molecule has 0 unspecified atom stereocenters. The lowest BCUT2D eigenvalue weighted by molar-refractivity contribution is -0.116. The maximum absolute atomic E-state index is 12.1. The summed E-state index contributed by atoms with van der Waals surface area (Å²) in [6.45, 7) is 4.11. The van der Waals surface area contributed by atoms with Crippen LogP contribution in [0.1, 0.15) is 37.7 Å². The highest BCUT2D eigenvalue weighted by Gasteiger charge is 2.14. The minimum Gasteiger partial charge on any atom is -0.493 e. The van der Waals surface area contributed by atoms with Crippen LogP contribution in [0.5, 0.6) is 17.2 Å². The van der Waals surface area contributed by atoms with Gasteiger partial charge in [0.1, 0.15) is 0 Å². The Balaban J connectivity index is 1.83. The fourth-order valence-electron chi connectivity index (χ4n) is 3.35. The molecule has 6 heteroatoms. The topological polar surface area (TPSA) is 60.0 Å². The Morgan fingerprint density at radius 2 is 1.74 bits per heavy atom. The molecule has 150 valence electrons. The summed E-state index contributed by atoms with van der Waals surface area (Å²) in [5.74, 6) is 1.54. The SMILES string of the molecule is COc1ccc(/C=C/C(=O)NCCCN2CCCCCC2)c(OC)c1OC. The zero-order chi connectivity index (χ0) is 19.5. The minimum atomic E-state index is -0.109. The van der Waals surface area contributed by atoms with Crippen LogP contribution in [-0.2, 0) is 4.79 Å². The molecule has 1 aliphatic rings. The van der Waals surface area contributed by atoms with E-state index >= 15 is 0 Å². The van der Waals surface area contributed by atoms with Gasteiger partial charge in [-0.05, 0) is 57.1 Å². The van der Waals surface area contributed by atoms with Gasteiger partial charge in [0.15, 0.2) is 11.5 Å². The Morgan fingerprint density at radius 3 is 2.37 bits per heavy atom. The van der Waals surface area contributed by atoms with Crippen molar-refractivity contribution in [2.24, 2.45) is 0 Å². The Morgan fingerprint density at radius 1 is 1.04 bits per heavy atom. The van der Waals surface area contributed by atoms with E-state index in [4.69, 9.17) is 14.2 Å². The number of nitrogens with zero attached hydrogens (tertiary/aromatic N) is 1. The largest absolute Gasteiger partial charge is 0.493 e. The van der Waals surface area contributed by atoms with Crippen LogP contribution in [0.15, 0.2) is 18.2 Å². The van der Waals surface area contributed by atoms with Crippen LogP contribution in [-0.4, -0.2) is 58.3 Å². The number of hydrogen-bond donors (Lipinski definition) is 1. The number of likely N-dealkylation sites (tertiary alicyclic amines) is 1. The van der Waals surface area contributed by atoms with Crippen molar-refractivity contribution in [3.05, 3.63) is 23.8 Å². The molecule has 0 saturated carbocycles. The molecule has 1 amide bonds. The van der Waals surface area contributed by atoms with E-state index in [1.807, 2.05) is 6.07 Å². The average Bonchev–Trinajstić information content (AvgIpc) is 2.97. The van der Waals surface area contributed by atoms with Crippen molar-refractivity contribution in [2.75, 3.05) is 47.5 Å². The van der Waals surface area contributed by atoms with Crippen LogP contribution in [0, 0.1) is 0 Å². The van der Waals surface area contributed by atoms with Gasteiger partial charge in [-0.1, -0.05) is 12.8 Å². The molecule has 0 spiro atoms.